The summed E-state index contributed by atoms with van der Waals surface area (Å²) in [6.45, 7) is -0.220. The van der Waals surface area contributed by atoms with Crippen molar-refractivity contribution in [2.24, 2.45) is 0 Å². The molecule has 0 radical (unpaired) electrons. The van der Waals surface area contributed by atoms with Crippen LogP contribution in [0.3, 0.4) is 0 Å². The lowest BCUT2D eigenvalue weighted by molar-refractivity contribution is -0.384. The van der Waals surface area contributed by atoms with Gasteiger partial charge in [0.2, 0.25) is 5.91 Å². The highest BCUT2D eigenvalue weighted by Gasteiger charge is 2.36. The quantitative estimate of drug-likeness (QED) is 0.209. The van der Waals surface area contributed by atoms with E-state index in [1.54, 1.807) is 54.6 Å². The molecule has 3 aromatic carbocycles. The number of nitrogens with one attached hydrogen (secondary N) is 1. The number of carbonyl (C=O) groups is 3. The second-order valence-electron chi connectivity index (χ2n) is 7.95. The van der Waals surface area contributed by atoms with E-state index in [9.17, 15) is 24.5 Å². The fourth-order valence-corrected chi connectivity index (χ4v) is 4.51. The number of hydrogen-bond acceptors (Lipinski definition) is 8. The summed E-state index contributed by atoms with van der Waals surface area (Å²) in [5.74, 6) is -0.112. The van der Waals surface area contributed by atoms with E-state index in [0.717, 1.165) is 22.2 Å². The number of carbonyl (C=O) groups excluding carboxylic acids is 3. The predicted octanol–water partition coefficient (Wildman–Crippen LogP) is 5.51. The second-order valence-corrected chi connectivity index (χ2v) is 9.35. The van der Waals surface area contributed by atoms with E-state index in [1.807, 2.05) is 0 Å². The zero-order chi connectivity index (χ0) is 27.2. The second kappa shape index (κ2) is 11.8. The van der Waals surface area contributed by atoms with Crippen molar-refractivity contribution in [3.05, 3.63) is 97.9 Å². The number of imide groups is 1. The fraction of sp³-hybridized carbons (Fsp3) is 0.115. The maximum absolute atomic E-state index is 12.8. The SMILES string of the molecule is COc1ccc(NC(=O)CN2C(=O)S/C(=C/c3ccc(OCc4ccc([N+](=O)[O-])cc4)cc3)C2=O)cc1Cl. The van der Waals surface area contributed by atoms with Gasteiger partial charge in [-0.1, -0.05) is 23.7 Å². The Bertz CT molecular complexity index is 1430. The number of benzene rings is 3. The lowest BCUT2D eigenvalue weighted by Crippen LogP contribution is -2.36. The number of nitrogens with zero attached hydrogens (tertiary/aromatic N) is 2. The molecule has 0 unspecified atom stereocenters. The van der Waals surface area contributed by atoms with Crippen LogP contribution in [0.4, 0.5) is 16.2 Å². The van der Waals surface area contributed by atoms with Gasteiger partial charge < -0.3 is 14.8 Å². The Morgan fingerprint density at radius 1 is 1.11 bits per heavy atom. The molecule has 3 aromatic rings. The average molecular weight is 554 g/mol. The Morgan fingerprint density at radius 3 is 2.45 bits per heavy atom. The molecular weight excluding hydrogens is 534 g/mol. The number of amides is 3. The molecule has 12 heteroatoms. The summed E-state index contributed by atoms with van der Waals surface area (Å²) in [5, 5.41) is 13.1. The molecule has 1 saturated heterocycles. The van der Waals surface area contributed by atoms with Gasteiger partial charge in [-0.25, -0.2) is 0 Å². The number of methoxy groups -OCH3 is 1. The molecule has 1 fully saturated rings. The fourth-order valence-electron chi connectivity index (χ4n) is 3.42. The first-order valence-corrected chi connectivity index (χ1v) is 12.3. The van der Waals surface area contributed by atoms with Crippen LogP contribution in [0.5, 0.6) is 11.5 Å². The molecule has 10 nitrogen and oxygen atoms in total. The molecule has 1 aliphatic heterocycles. The third-order valence-corrected chi connectivity index (χ3v) is 6.54. The number of hydrogen-bond donors (Lipinski definition) is 1. The van der Waals surface area contributed by atoms with Crippen molar-refractivity contribution in [1.29, 1.82) is 0 Å². The number of non-ortho nitro benzene ring substituents is 1. The molecule has 1 aliphatic rings. The van der Waals surface area contributed by atoms with Crippen molar-refractivity contribution in [3.8, 4) is 11.5 Å². The molecule has 0 bridgehead atoms. The van der Waals surface area contributed by atoms with E-state index in [4.69, 9.17) is 21.1 Å². The van der Waals surface area contributed by atoms with E-state index in [1.165, 1.54) is 25.3 Å². The molecule has 0 spiro atoms. The van der Waals surface area contributed by atoms with E-state index < -0.39 is 28.5 Å². The first kappa shape index (κ1) is 26.7. The van der Waals surface area contributed by atoms with Crippen molar-refractivity contribution >= 4 is 57.9 Å². The zero-order valence-electron chi connectivity index (χ0n) is 19.9. The lowest BCUT2D eigenvalue weighted by atomic mass is 10.2. The first-order valence-electron chi connectivity index (χ1n) is 11.1. The van der Waals surface area contributed by atoms with E-state index in [0.29, 0.717) is 27.8 Å². The van der Waals surface area contributed by atoms with Crippen LogP contribution in [0.2, 0.25) is 5.02 Å². The number of ether oxygens (including phenoxy) is 2. The molecule has 38 heavy (non-hydrogen) atoms. The molecule has 0 saturated carbocycles. The van der Waals surface area contributed by atoms with Crippen molar-refractivity contribution < 1.29 is 28.8 Å². The third-order valence-electron chi connectivity index (χ3n) is 5.34. The highest BCUT2D eigenvalue weighted by Crippen LogP contribution is 2.33. The summed E-state index contributed by atoms with van der Waals surface area (Å²) < 4.78 is 10.8. The van der Waals surface area contributed by atoms with Gasteiger partial charge in [0, 0.05) is 17.8 Å². The summed E-state index contributed by atoms with van der Waals surface area (Å²) >= 11 is 6.81. The number of thioether (sulfide) groups is 1. The lowest BCUT2D eigenvalue weighted by Gasteiger charge is -2.13. The molecule has 1 N–H and O–H groups in total. The van der Waals surface area contributed by atoms with Gasteiger partial charge in [-0.15, -0.1) is 0 Å². The molecular formula is C26H20ClN3O7S. The summed E-state index contributed by atoms with van der Waals surface area (Å²) in [6, 6.07) is 17.6. The number of halogens is 1. The topological polar surface area (TPSA) is 128 Å². The van der Waals surface area contributed by atoms with E-state index >= 15 is 0 Å². The molecule has 194 valence electrons. The summed E-state index contributed by atoms with van der Waals surface area (Å²) in [6.07, 6.45) is 1.56. The standard InChI is InChI=1S/C26H20ClN3O7S/c1-36-22-11-6-18(13-21(22)27)28-24(31)14-29-25(32)23(38-26(29)33)12-16-4-9-20(10-5-16)37-15-17-2-7-19(8-3-17)30(34)35/h2-13H,14-15H2,1H3,(H,28,31)/b23-12+. The highest BCUT2D eigenvalue weighted by molar-refractivity contribution is 8.18. The van der Waals surface area contributed by atoms with Gasteiger partial charge in [0.25, 0.3) is 16.8 Å². The Morgan fingerprint density at radius 2 is 1.82 bits per heavy atom. The van der Waals surface area contributed by atoms with E-state index in [2.05, 4.69) is 5.32 Å². The van der Waals surface area contributed by atoms with Crippen LogP contribution >= 0.6 is 23.4 Å². The number of rotatable bonds is 9. The van der Waals surface area contributed by atoms with Crippen molar-refractivity contribution in [3.63, 3.8) is 0 Å². The maximum Gasteiger partial charge on any atom is 0.294 e. The van der Waals surface area contributed by atoms with Gasteiger partial charge in [0.15, 0.2) is 0 Å². The van der Waals surface area contributed by atoms with Crippen LogP contribution in [0.25, 0.3) is 6.08 Å². The molecule has 4 rings (SSSR count). The highest BCUT2D eigenvalue weighted by atomic mass is 35.5. The minimum atomic E-state index is -0.568. The monoisotopic (exact) mass is 553 g/mol. The van der Waals surface area contributed by atoms with Gasteiger partial charge in [-0.2, -0.15) is 0 Å². The van der Waals surface area contributed by atoms with Crippen molar-refractivity contribution in [1.82, 2.24) is 4.90 Å². The van der Waals surface area contributed by atoms with Gasteiger partial charge in [0.05, 0.1) is 22.0 Å². The number of nitro benzene ring substituents is 1. The molecule has 0 atom stereocenters. The van der Waals surface area contributed by atoms with Crippen LogP contribution in [-0.2, 0) is 16.2 Å². The average Bonchev–Trinajstić information content (AvgIpc) is 3.15. The largest absolute Gasteiger partial charge is 0.495 e. The van der Waals surface area contributed by atoms with Gasteiger partial charge in [-0.3, -0.25) is 29.4 Å². The zero-order valence-corrected chi connectivity index (χ0v) is 21.5. The summed E-state index contributed by atoms with van der Waals surface area (Å²) in [5.41, 5.74) is 1.84. The van der Waals surface area contributed by atoms with Crippen LogP contribution in [-0.4, -0.2) is 40.5 Å². The van der Waals surface area contributed by atoms with Gasteiger partial charge in [0.1, 0.15) is 24.7 Å². The Balaban J connectivity index is 1.33. The normalized spacial score (nSPS) is 14.1. The van der Waals surface area contributed by atoms with Crippen LogP contribution < -0.4 is 14.8 Å². The van der Waals surface area contributed by atoms with Gasteiger partial charge >= 0.3 is 0 Å². The first-order chi connectivity index (χ1) is 18.2. The Kier molecular flexibility index (Phi) is 8.29. The van der Waals surface area contributed by atoms with Crippen molar-refractivity contribution in [2.45, 2.75) is 6.61 Å². The summed E-state index contributed by atoms with van der Waals surface area (Å²) in [7, 11) is 1.47. The van der Waals surface area contributed by atoms with Crippen molar-refractivity contribution in [2.75, 3.05) is 19.0 Å². The third kappa shape index (κ3) is 6.50. The minimum absolute atomic E-state index is 0.00491. The van der Waals surface area contributed by atoms with E-state index in [-0.39, 0.29) is 17.2 Å². The minimum Gasteiger partial charge on any atom is -0.495 e. The molecule has 0 aliphatic carbocycles. The Hall–Kier alpha value is -4.35. The summed E-state index contributed by atoms with van der Waals surface area (Å²) in [4.78, 5) is 48.9. The molecule has 1 heterocycles. The smallest absolute Gasteiger partial charge is 0.294 e. The Labute approximate surface area is 226 Å². The molecule has 0 aromatic heterocycles. The molecule has 3 amide bonds. The van der Waals surface area contributed by atoms with Gasteiger partial charge in [-0.05, 0) is 71.4 Å². The van der Waals surface area contributed by atoms with Crippen LogP contribution in [0.1, 0.15) is 11.1 Å². The predicted molar refractivity (Wildman–Crippen MR) is 143 cm³/mol. The van der Waals surface area contributed by atoms with Crippen LogP contribution in [0, 0.1) is 10.1 Å². The number of anilines is 1. The maximum atomic E-state index is 12.8. The van der Waals surface area contributed by atoms with Crippen LogP contribution in [0.15, 0.2) is 71.6 Å². The number of nitro groups is 1.